The van der Waals surface area contributed by atoms with E-state index in [4.69, 9.17) is 9.26 Å². The maximum Gasteiger partial charge on any atom is 0.508 e. The number of aliphatic carboxylic acids is 1. The Morgan fingerprint density at radius 2 is 1.86 bits per heavy atom. The number of carbonyl (C=O) groups is 3. The molecule has 1 aliphatic rings. The molecule has 2 N–H and O–H groups in total. The molecular formula is C26H40N2O7P+. The molecule has 1 fully saturated rings. The number of carboxylic acids is 1. The lowest BCUT2D eigenvalue weighted by Gasteiger charge is -2.24. The quantitative estimate of drug-likeness (QED) is 0.211. The molecule has 200 valence electrons. The molecule has 1 aromatic rings. The summed E-state index contributed by atoms with van der Waals surface area (Å²) < 4.78 is 23.4. The summed E-state index contributed by atoms with van der Waals surface area (Å²) in [4.78, 5) is 37.9. The van der Waals surface area contributed by atoms with Gasteiger partial charge in [-0.15, -0.1) is 4.52 Å². The molecule has 10 heteroatoms. The Bertz CT molecular complexity index is 837. The van der Waals surface area contributed by atoms with Crippen LogP contribution < -0.4 is 5.32 Å². The van der Waals surface area contributed by atoms with Crippen molar-refractivity contribution in [2.24, 2.45) is 0 Å². The number of amides is 2. The first-order valence-corrected chi connectivity index (χ1v) is 14.4. The standard InChI is InChI=1S/C26H39N2O7P/c1-2-3-4-5-11-19-36(33)35-23(24(29)28-18-12-15-22(28)25(30)31)16-9-10-17-27-26(32)34-20-21-13-7-6-8-14-21/h6-8,13-14,22-23H,2-5,9-12,15-20H2,1H3,(H-,27,30,31,32)/p+1/t22-,23-/m0/s1. The fourth-order valence-corrected chi connectivity index (χ4v) is 5.22. The van der Waals surface area contributed by atoms with Crippen molar-refractivity contribution < 1.29 is 33.3 Å². The van der Waals surface area contributed by atoms with Gasteiger partial charge in [-0.2, -0.15) is 0 Å². The third-order valence-corrected chi connectivity index (χ3v) is 7.33. The second kappa shape index (κ2) is 17.0. The number of ether oxygens (including phenoxy) is 1. The van der Waals surface area contributed by atoms with E-state index < -0.39 is 38.1 Å². The van der Waals surface area contributed by atoms with Gasteiger partial charge in [0.25, 0.3) is 5.91 Å². The van der Waals surface area contributed by atoms with Crippen LogP contribution in [0.15, 0.2) is 30.3 Å². The molecule has 1 unspecified atom stereocenters. The minimum absolute atomic E-state index is 0.184. The fraction of sp³-hybridized carbons (Fsp3) is 0.654. The van der Waals surface area contributed by atoms with Gasteiger partial charge in [-0.25, -0.2) is 9.59 Å². The van der Waals surface area contributed by atoms with E-state index in [0.29, 0.717) is 51.4 Å². The van der Waals surface area contributed by atoms with Crippen LogP contribution in [0, 0.1) is 0 Å². The van der Waals surface area contributed by atoms with E-state index in [9.17, 15) is 24.1 Å². The second-order valence-electron chi connectivity index (χ2n) is 9.08. The zero-order valence-electron chi connectivity index (χ0n) is 21.2. The Balaban J connectivity index is 1.79. The van der Waals surface area contributed by atoms with E-state index in [1.807, 2.05) is 30.3 Å². The highest BCUT2D eigenvalue weighted by Crippen LogP contribution is 2.30. The molecule has 0 aliphatic carbocycles. The molecular weight excluding hydrogens is 483 g/mol. The largest absolute Gasteiger partial charge is 0.508 e. The van der Waals surface area contributed by atoms with Crippen molar-refractivity contribution in [1.29, 1.82) is 0 Å². The van der Waals surface area contributed by atoms with Crippen LogP contribution in [0.4, 0.5) is 4.79 Å². The molecule has 1 aliphatic heterocycles. The zero-order chi connectivity index (χ0) is 26.2. The number of rotatable bonds is 17. The average Bonchev–Trinajstić information content (AvgIpc) is 3.37. The highest BCUT2D eigenvalue weighted by Gasteiger charge is 2.40. The molecule has 0 bridgehead atoms. The van der Waals surface area contributed by atoms with Crippen LogP contribution in [0.2, 0.25) is 0 Å². The predicted octanol–water partition coefficient (Wildman–Crippen LogP) is 5.26. The van der Waals surface area contributed by atoms with Crippen LogP contribution >= 0.6 is 8.03 Å². The molecule has 1 heterocycles. The van der Waals surface area contributed by atoms with Crippen LogP contribution in [0.3, 0.4) is 0 Å². The number of nitrogens with zero attached hydrogens (tertiary/aromatic N) is 1. The maximum absolute atomic E-state index is 13.1. The van der Waals surface area contributed by atoms with E-state index >= 15 is 0 Å². The van der Waals surface area contributed by atoms with Crippen molar-refractivity contribution in [2.75, 3.05) is 19.3 Å². The molecule has 2 amide bonds. The van der Waals surface area contributed by atoms with E-state index in [1.54, 1.807) is 0 Å². The van der Waals surface area contributed by atoms with Gasteiger partial charge in [0, 0.05) is 13.1 Å². The number of nitrogens with one attached hydrogen (secondary N) is 1. The predicted molar refractivity (Wildman–Crippen MR) is 137 cm³/mol. The SMILES string of the molecule is CCCCCCC[P+](=O)O[C@@H](CCCCNC(=O)OCc1ccccc1)C(=O)N1CCC[C@H]1C(=O)O. The monoisotopic (exact) mass is 523 g/mol. The Hall–Kier alpha value is -2.51. The lowest BCUT2D eigenvalue weighted by molar-refractivity contribution is -0.151. The molecule has 0 aromatic heterocycles. The van der Waals surface area contributed by atoms with Crippen molar-refractivity contribution >= 4 is 26.0 Å². The van der Waals surface area contributed by atoms with Gasteiger partial charge in [0.1, 0.15) is 12.6 Å². The molecule has 36 heavy (non-hydrogen) atoms. The van der Waals surface area contributed by atoms with E-state index in [1.165, 1.54) is 4.90 Å². The smallest absolute Gasteiger partial charge is 0.480 e. The summed E-state index contributed by atoms with van der Waals surface area (Å²) in [5.74, 6) is -1.44. The highest BCUT2D eigenvalue weighted by atomic mass is 31.1. The van der Waals surface area contributed by atoms with E-state index in [-0.39, 0.29) is 6.61 Å². The van der Waals surface area contributed by atoms with Gasteiger partial charge in [0.2, 0.25) is 0 Å². The lowest BCUT2D eigenvalue weighted by Crippen LogP contribution is -2.45. The molecule has 2 rings (SSSR count). The summed E-state index contributed by atoms with van der Waals surface area (Å²) >= 11 is 0. The first-order valence-electron chi connectivity index (χ1n) is 13.0. The van der Waals surface area contributed by atoms with Crippen LogP contribution in [-0.2, 0) is 30.0 Å². The van der Waals surface area contributed by atoms with Crippen LogP contribution in [0.5, 0.6) is 0 Å². The summed E-state index contributed by atoms with van der Waals surface area (Å²) in [5, 5.41) is 12.1. The first-order chi connectivity index (χ1) is 17.4. The minimum atomic E-state index is -2.01. The van der Waals surface area contributed by atoms with Crippen LogP contribution in [0.25, 0.3) is 0 Å². The number of unbranched alkanes of at least 4 members (excludes halogenated alkanes) is 5. The highest BCUT2D eigenvalue weighted by molar-refractivity contribution is 7.39. The normalized spacial score (nSPS) is 16.4. The van der Waals surface area contributed by atoms with Crippen molar-refractivity contribution in [3.63, 3.8) is 0 Å². The fourth-order valence-electron chi connectivity index (χ4n) is 4.15. The van der Waals surface area contributed by atoms with Gasteiger partial charge in [0.15, 0.2) is 12.3 Å². The number of benzene rings is 1. The number of carbonyl (C=O) groups excluding carboxylic acids is 2. The molecule has 1 aromatic carbocycles. The minimum Gasteiger partial charge on any atom is -0.480 e. The van der Waals surface area contributed by atoms with Crippen molar-refractivity contribution in [2.45, 2.75) is 89.9 Å². The van der Waals surface area contributed by atoms with Gasteiger partial charge in [-0.1, -0.05) is 56.5 Å². The van der Waals surface area contributed by atoms with Crippen molar-refractivity contribution in [1.82, 2.24) is 10.2 Å². The van der Waals surface area contributed by atoms with Crippen molar-refractivity contribution in [3.05, 3.63) is 35.9 Å². The molecule has 0 saturated carbocycles. The molecule has 1 saturated heterocycles. The van der Waals surface area contributed by atoms with Gasteiger partial charge >= 0.3 is 20.1 Å². The summed E-state index contributed by atoms with van der Waals surface area (Å²) in [6, 6.07) is 8.51. The van der Waals surface area contributed by atoms with E-state index in [0.717, 1.165) is 37.7 Å². The third-order valence-electron chi connectivity index (χ3n) is 6.16. The summed E-state index contributed by atoms with van der Waals surface area (Å²) in [6.07, 6.45) is 6.45. The van der Waals surface area contributed by atoms with Crippen LogP contribution in [-0.4, -0.2) is 59.4 Å². The van der Waals surface area contributed by atoms with Crippen molar-refractivity contribution in [3.8, 4) is 0 Å². The van der Waals surface area contributed by atoms with Gasteiger partial charge in [-0.05, 0) is 55.1 Å². The number of hydrogen-bond donors (Lipinski definition) is 2. The van der Waals surface area contributed by atoms with Gasteiger partial charge in [-0.3, -0.25) is 4.79 Å². The third kappa shape index (κ3) is 11.0. The summed E-state index contributed by atoms with van der Waals surface area (Å²) in [5.41, 5.74) is 0.896. The second-order valence-corrected chi connectivity index (χ2v) is 10.4. The molecule has 9 nitrogen and oxygen atoms in total. The zero-order valence-corrected chi connectivity index (χ0v) is 22.1. The lowest BCUT2D eigenvalue weighted by atomic mass is 10.1. The Labute approximate surface area is 214 Å². The number of alkyl carbamates (subject to hydrolysis) is 1. The molecule has 0 radical (unpaired) electrons. The number of likely N-dealkylation sites (tertiary alicyclic amines) is 1. The summed E-state index contributed by atoms with van der Waals surface area (Å²) in [7, 11) is -2.01. The number of carboxylic acid groups (broad SMARTS) is 1. The maximum atomic E-state index is 13.1. The first kappa shape index (κ1) is 29.7. The van der Waals surface area contributed by atoms with Gasteiger partial charge in [0.05, 0.1) is 0 Å². The average molecular weight is 524 g/mol. The number of hydrogen-bond acceptors (Lipinski definition) is 6. The Kier molecular flexibility index (Phi) is 14.1. The van der Waals surface area contributed by atoms with Crippen LogP contribution in [0.1, 0.15) is 76.7 Å². The molecule has 0 spiro atoms. The summed E-state index contributed by atoms with van der Waals surface area (Å²) in [6.45, 7) is 3.03. The van der Waals surface area contributed by atoms with E-state index in [2.05, 4.69) is 12.2 Å². The topological polar surface area (TPSA) is 122 Å². The Morgan fingerprint density at radius 3 is 2.58 bits per heavy atom. The van der Waals surface area contributed by atoms with Gasteiger partial charge < -0.3 is 20.1 Å². The molecule has 3 atom stereocenters. The Morgan fingerprint density at radius 1 is 1.11 bits per heavy atom.